The van der Waals surface area contributed by atoms with Crippen LogP contribution in [0.25, 0.3) is 22.5 Å². The molecule has 7 heteroatoms. The van der Waals surface area contributed by atoms with E-state index in [9.17, 15) is 0 Å². The Balaban J connectivity index is 1.32. The lowest BCUT2D eigenvalue weighted by atomic mass is 9.72. The standard InChI is InChI=1S/C72H95BN2O4/c1-19-21-23-26-32-53-43-60(73-78-71(15,16)72(17,18)79-73)54(33-27-24-22-20-2)42-59(53)50-34-36-52(37-35-50)64-62-61(65(76)75(64)47-49-40-57(69(9,10)11)45-58(41-49)70(12,13)14)63(51-30-28-25-29-31-51)74(66(62)77)46-48-38-55(67(3,4)5)44-56(39-48)68(6,7)8/h25,28-31,34-45H,19-24,26-27,32-33,46-47H2,1-18H3. The minimum absolute atomic E-state index is 0.112. The number of fused-ring (bicyclic) bond motifs is 1. The number of carbonyl (C=O) groups is 2. The van der Waals surface area contributed by atoms with Gasteiger partial charge in [-0.3, -0.25) is 9.59 Å². The zero-order valence-electron chi connectivity index (χ0n) is 51.9. The van der Waals surface area contributed by atoms with Crippen molar-refractivity contribution in [2.75, 3.05) is 0 Å². The predicted molar refractivity (Wildman–Crippen MR) is 332 cm³/mol. The van der Waals surface area contributed by atoms with Gasteiger partial charge in [-0.25, -0.2) is 0 Å². The van der Waals surface area contributed by atoms with Crippen molar-refractivity contribution in [3.63, 3.8) is 0 Å². The largest absolute Gasteiger partial charge is 0.495 e. The first-order chi connectivity index (χ1) is 36.9. The molecule has 5 aromatic rings. The van der Waals surface area contributed by atoms with Gasteiger partial charge in [0.15, 0.2) is 0 Å². The van der Waals surface area contributed by atoms with E-state index in [1.54, 1.807) is 0 Å². The van der Waals surface area contributed by atoms with Gasteiger partial charge in [-0.1, -0.05) is 239 Å². The summed E-state index contributed by atoms with van der Waals surface area (Å²) in [6, 6.07) is 37.4. The highest BCUT2D eigenvalue weighted by atomic mass is 16.7. The Morgan fingerprint density at radius 1 is 0.443 bits per heavy atom. The molecule has 0 aliphatic carbocycles. The second-order valence-electron chi connectivity index (χ2n) is 28.4. The van der Waals surface area contributed by atoms with Gasteiger partial charge in [-0.05, 0) is 147 Å². The zero-order chi connectivity index (χ0) is 57.6. The van der Waals surface area contributed by atoms with Crippen molar-refractivity contribution in [1.29, 1.82) is 0 Å². The second-order valence-corrected chi connectivity index (χ2v) is 28.4. The highest BCUT2D eigenvalue weighted by molar-refractivity contribution is 6.62. The Labute approximate surface area is 478 Å². The van der Waals surface area contributed by atoms with E-state index in [1.165, 1.54) is 77.5 Å². The molecule has 2 amide bonds. The summed E-state index contributed by atoms with van der Waals surface area (Å²) in [7, 11) is -0.450. The molecule has 0 spiro atoms. The number of rotatable bonds is 18. The van der Waals surface area contributed by atoms with Crippen LogP contribution in [-0.4, -0.2) is 39.9 Å². The van der Waals surface area contributed by atoms with E-state index in [4.69, 9.17) is 9.31 Å². The van der Waals surface area contributed by atoms with Gasteiger partial charge in [0, 0.05) is 0 Å². The van der Waals surface area contributed by atoms with Crippen molar-refractivity contribution in [2.24, 2.45) is 0 Å². The topological polar surface area (TPSA) is 59.1 Å². The SMILES string of the molecule is CCCCCCc1cc(-c2ccc(C3=C4C(=O)N(Cc5cc(C(C)(C)C)cc(C(C)(C)C)c5)C(c5ccccc5)=C4C(=O)N3Cc3cc(C(C)(C)C)cc(C(C)(C)C)c3)cc2)c(CCCCCC)cc1B1OC(C)(C)C(C)(C)O1. The molecule has 3 heterocycles. The molecule has 1 fully saturated rings. The second kappa shape index (κ2) is 22.8. The molecule has 5 aromatic carbocycles. The van der Waals surface area contributed by atoms with Gasteiger partial charge >= 0.3 is 7.12 Å². The number of benzene rings is 5. The fraction of sp³-hybridized carbons (Fsp3) is 0.500. The highest BCUT2D eigenvalue weighted by Crippen LogP contribution is 2.49. The fourth-order valence-corrected chi connectivity index (χ4v) is 11.4. The van der Waals surface area contributed by atoms with Gasteiger partial charge in [0.2, 0.25) is 0 Å². The minimum atomic E-state index is -0.454. The first-order valence-electron chi connectivity index (χ1n) is 30.0. The molecule has 0 saturated carbocycles. The third kappa shape index (κ3) is 12.8. The molecule has 0 N–H and O–H groups in total. The summed E-state index contributed by atoms with van der Waals surface area (Å²) in [5, 5.41) is 0. The smallest absolute Gasteiger partial charge is 0.399 e. The first kappa shape index (κ1) is 59.6. The van der Waals surface area contributed by atoms with Crippen LogP contribution < -0.4 is 5.46 Å². The van der Waals surface area contributed by atoms with Gasteiger partial charge < -0.3 is 19.1 Å². The number of hydrogen-bond donors (Lipinski definition) is 0. The molecule has 79 heavy (non-hydrogen) atoms. The van der Waals surface area contributed by atoms with Crippen LogP contribution in [0.1, 0.15) is 232 Å². The quantitative estimate of drug-likeness (QED) is 0.0648. The average molecular weight is 1060 g/mol. The van der Waals surface area contributed by atoms with Crippen LogP contribution in [0.5, 0.6) is 0 Å². The number of hydrogen-bond acceptors (Lipinski definition) is 4. The fourth-order valence-electron chi connectivity index (χ4n) is 11.4. The summed E-state index contributed by atoms with van der Waals surface area (Å²) in [6.07, 6.45) is 11.2. The Kier molecular flexibility index (Phi) is 17.2. The van der Waals surface area contributed by atoms with Crippen LogP contribution in [0, 0.1) is 0 Å². The summed E-state index contributed by atoms with van der Waals surface area (Å²) >= 11 is 0. The maximum absolute atomic E-state index is 15.9. The van der Waals surface area contributed by atoms with Crippen molar-refractivity contribution in [3.05, 3.63) is 170 Å². The Morgan fingerprint density at radius 2 is 0.823 bits per heavy atom. The van der Waals surface area contributed by atoms with Crippen molar-refractivity contribution in [2.45, 2.75) is 235 Å². The van der Waals surface area contributed by atoms with Crippen molar-refractivity contribution < 1.29 is 18.9 Å². The first-order valence-corrected chi connectivity index (χ1v) is 30.0. The number of carbonyl (C=O) groups excluding carboxylic acids is 2. The molecule has 8 rings (SSSR count). The summed E-state index contributed by atoms with van der Waals surface area (Å²) < 4.78 is 13.6. The molecule has 0 bridgehead atoms. The Hall–Kier alpha value is -5.50. The molecule has 3 aliphatic heterocycles. The zero-order valence-corrected chi connectivity index (χ0v) is 51.9. The normalized spacial score (nSPS) is 16.8. The summed E-state index contributed by atoms with van der Waals surface area (Å²) in [5.41, 5.74) is 15.6. The summed E-state index contributed by atoms with van der Waals surface area (Å²) in [4.78, 5) is 35.7. The monoisotopic (exact) mass is 1060 g/mol. The molecular formula is C72H95BN2O4. The van der Waals surface area contributed by atoms with Gasteiger partial charge in [0.1, 0.15) is 0 Å². The van der Waals surface area contributed by atoms with Gasteiger partial charge in [-0.15, -0.1) is 0 Å². The molecule has 3 aliphatic rings. The van der Waals surface area contributed by atoms with Crippen LogP contribution in [0.4, 0.5) is 0 Å². The third-order valence-electron chi connectivity index (χ3n) is 17.3. The molecule has 420 valence electrons. The van der Waals surface area contributed by atoms with Crippen LogP contribution >= 0.6 is 0 Å². The number of unbranched alkanes of at least 4 members (excludes halogenated alkanes) is 6. The molecular weight excluding hydrogens is 968 g/mol. The maximum atomic E-state index is 15.9. The van der Waals surface area contributed by atoms with Crippen LogP contribution in [0.15, 0.2) is 114 Å². The Morgan fingerprint density at radius 3 is 1.22 bits per heavy atom. The molecule has 0 atom stereocenters. The lowest BCUT2D eigenvalue weighted by molar-refractivity contribution is -0.124. The van der Waals surface area contributed by atoms with Crippen molar-refractivity contribution in [3.8, 4) is 11.1 Å². The van der Waals surface area contributed by atoms with Gasteiger partial charge in [0.05, 0.1) is 46.8 Å². The van der Waals surface area contributed by atoms with Crippen LogP contribution in [0.2, 0.25) is 0 Å². The van der Waals surface area contributed by atoms with Gasteiger partial charge in [-0.2, -0.15) is 0 Å². The van der Waals surface area contributed by atoms with Crippen LogP contribution in [-0.2, 0) is 66.5 Å². The van der Waals surface area contributed by atoms with Crippen molar-refractivity contribution >= 4 is 35.8 Å². The van der Waals surface area contributed by atoms with E-state index in [2.05, 4.69) is 197 Å². The molecule has 6 nitrogen and oxygen atoms in total. The van der Waals surface area contributed by atoms with E-state index in [0.717, 1.165) is 59.0 Å². The Bertz CT molecular complexity index is 3030. The van der Waals surface area contributed by atoms with E-state index in [-0.39, 0.29) is 33.5 Å². The third-order valence-corrected chi connectivity index (χ3v) is 17.3. The number of amides is 2. The number of nitrogens with zero attached hydrogens (tertiary/aromatic N) is 2. The average Bonchev–Trinajstić information content (AvgIpc) is 3.57. The van der Waals surface area contributed by atoms with E-state index in [0.29, 0.717) is 35.6 Å². The summed E-state index contributed by atoms with van der Waals surface area (Å²) in [6.45, 7) is 40.7. The predicted octanol–water partition coefficient (Wildman–Crippen LogP) is 17.3. The maximum Gasteiger partial charge on any atom is 0.495 e. The number of aryl methyl sites for hydroxylation is 2. The van der Waals surface area contributed by atoms with Crippen LogP contribution in [0.3, 0.4) is 0 Å². The molecule has 0 aromatic heterocycles. The molecule has 1 saturated heterocycles. The summed E-state index contributed by atoms with van der Waals surface area (Å²) in [5.74, 6) is -0.303. The molecule has 0 unspecified atom stereocenters. The molecule has 0 radical (unpaired) electrons. The lowest BCUT2D eigenvalue weighted by Gasteiger charge is -2.32. The van der Waals surface area contributed by atoms with Gasteiger partial charge in [0.25, 0.3) is 11.8 Å². The minimum Gasteiger partial charge on any atom is -0.399 e. The highest BCUT2D eigenvalue weighted by Gasteiger charge is 2.53. The van der Waals surface area contributed by atoms with E-state index in [1.807, 2.05) is 40.1 Å². The van der Waals surface area contributed by atoms with E-state index >= 15 is 9.59 Å². The lowest BCUT2D eigenvalue weighted by Crippen LogP contribution is -2.41. The van der Waals surface area contributed by atoms with Crippen molar-refractivity contribution in [1.82, 2.24) is 9.80 Å². The van der Waals surface area contributed by atoms with E-state index < -0.39 is 18.3 Å².